The Balaban J connectivity index is 0.000000203. The van der Waals surface area contributed by atoms with Crippen molar-refractivity contribution in [2.75, 3.05) is 17.7 Å². The highest BCUT2D eigenvalue weighted by Crippen LogP contribution is 2.24. The quantitative estimate of drug-likeness (QED) is 0.266. The van der Waals surface area contributed by atoms with Gasteiger partial charge < -0.3 is 10.5 Å². The van der Waals surface area contributed by atoms with Gasteiger partial charge in [-0.3, -0.25) is 24.9 Å². The molecule has 0 fully saturated rings. The number of aromatic nitrogens is 4. The van der Waals surface area contributed by atoms with Crippen LogP contribution in [0.25, 0.3) is 22.5 Å². The van der Waals surface area contributed by atoms with E-state index in [1.165, 1.54) is 0 Å². The van der Waals surface area contributed by atoms with Gasteiger partial charge in [-0.25, -0.2) is 14.8 Å². The van der Waals surface area contributed by atoms with Crippen molar-refractivity contribution in [2.24, 2.45) is 0 Å². The van der Waals surface area contributed by atoms with Gasteiger partial charge in [0.25, 0.3) is 11.1 Å². The van der Waals surface area contributed by atoms with Crippen molar-refractivity contribution < 1.29 is 9.53 Å². The summed E-state index contributed by atoms with van der Waals surface area (Å²) in [6.45, 7) is 1.92. The van der Waals surface area contributed by atoms with Crippen LogP contribution in [-0.4, -0.2) is 32.6 Å². The Labute approximate surface area is 216 Å². The zero-order chi connectivity index (χ0) is 25.4. The van der Waals surface area contributed by atoms with Crippen LogP contribution in [0.4, 0.5) is 16.7 Å². The lowest BCUT2D eigenvalue weighted by Crippen LogP contribution is -2.20. The fourth-order valence-corrected chi connectivity index (χ4v) is 3.67. The molecule has 1 amide bonds. The third-order valence-electron chi connectivity index (χ3n) is 4.33. The number of carbonyl (C=O) groups is 1. The maximum absolute atomic E-state index is 11.8. The van der Waals surface area contributed by atoms with E-state index >= 15 is 0 Å². The van der Waals surface area contributed by atoms with E-state index in [1.54, 1.807) is 6.92 Å². The molecule has 4 aromatic rings. The molecule has 4 rings (SSSR count). The van der Waals surface area contributed by atoms with Gasteiger partial charge in [-0.15, -0.1) is 0 Å². The molecular weight excluding hydrogens is 584 g/mol. The monoisotopic (exact) mass is 602 g/mol. The summed E-state index contributed by atoms with van der Waals surface area (Å²) < 4.78 is 5.43. The van der Waals surface area contributed by atoms with Gasteiger partial charge in [-0.05, 0) is 38.8 Å². The van der Waals surface area contributed by atoms with Crippen LogP contribution in [0.2, 0.25) is 0 Å². The molecule has 0 aliphatic heterocycles. The number of benzene rings is 2. The van der Waals surface area contributed by atoms with E-state index in [2.05, 4.69) is 57.1 Å². The minimum Gasteiger partial charge on any atom is -0.450 e. The number of rotatable bonds is 4. The molecule has 0 aliphatic rings. The molecule has 12 heteroatoms. The molecular formula is C23H20Br2N6O4. The van der Waals surface area contributed by atoms with Crippen LogP contribution in [0.3, 0.4) is 0 Å². The summed E-state index contributed by atoms with van der Waals surface area (Å²) in [4.78, 5) is 47.8. The Hall–Kier alpha value is -3.77. The number of ether oxygens (including phenoxy) is 1. The zero-order valence-corrected chi connectivity index (χ0v) is 21.5. The average molecular weight is 604 g/mol. The highest BCUT2D eigenvalue weighted by atomic mass is 79.9. The summed E-state index contributed by atoms with van der Waals surface area (Å²) in [5.74, 6) is 0.151. The van der Waals surface area contributed by atoms with Gasteiger partial charge >= 0.3 is 6.09 Å². The van der Waals surface area contributed by atoms with Crippen LogP contribution < -0.4 is 22.2 Å². The Bertz CT molecular complexity index is 1430. The van der Waals surface area contributed by atoms with Crippen LogP contribution >= 0.6 is 31.9 Å². The number of aromatic amines is 2. The van der Waals surface area contributed by atoms with Crippen molar-refractivity contribution in [2.45, 2.75) is 6.92 Å². The van der Waals surface area contributed by atoms with Gasteiger partial charge in [0.2, 0.25) is 11.9 Å². The van der Waals surface area contributed by atoms with Crippen LogP contribution in [-0.2, 0) is 4.74 Å². The first-order chi connectivity index (χ1) is 16.8. The number of carbonyl (C=O) groups excluding carboxylic acids is 1. The van der Waals surface area contributed by atoms with Crippen molar-refractivity contribution in [1.82, 2.24) is 19.9 Å². The summed E-state index contributed by atoms with van der Waals surface area (Å²) in [5.41, 5.74) is 7.43. The molecule has 0 spiro atoms. The minimum atomic E-state index is -0.669. The van der Waals surface area contributed by atoms with Crippen molar-refractivity contribution in [3.05, 3.63) is 90.3 Å². The van der Waals surface area contributed by atoms with E-state index in [4.69, 9.17) is 10.5 Å². The summed E-state index contributed by atoms with van der Waals surface area (Å²) >= 11 is 6.39. The van der Waals surface area contributed by atoms with Crippen LogP contribution in [0, 0.1) is 0 Å². The first kappa shape index (κ1) is 25.8. The number of nitrogen functional groups attached to an aromatic ring is 1. The summed E-state index contributed by atoms with van der Waals surface area (Å²) in [6, 6.07) is 18.6. The van der Waals surface area contributed by atoms with E-state index in [1.807, 2.05) is 60.7 Å². The number of hydrogen-bond acceptors (Lipinski definition) is 7. The molecule has 35 heavy (non-hydrogen) atoms. The van der Waals surface area contributed by atoms with Crippen LogP contribution in [0.1, 0.15) is 6.92 Å². The van der Waals surface area contributed by atoms with Gasteiger partial charge in [0.05, 0.1) is 18.0 Å². The Morgan fingerprint density at radius 3 is 1.89 bits per heavy atom. The second kappa shape index (κ2) is 12.1. The lowest BCUT2D eigenvalue weighted by Gasteiger charge is -2.08. The van der Waals surface area contributed by atoms with E-state index in [-0.39, 0.29) is 29.6 Å². The molecule has 0 atom stereocenters. The Kier molecular flexibility index (Phi) is 8.92. The number of nitrogens with one attached hydrogen (secondary N) is 3. The lowest BCUT2D eigenvalue weighted by atomic mass is 10.1. The molecule has 0 saturated heterocycles. The fourth-order valence-electron chi connectivity index (χ4n) is 2.83. The predicted octanol–water partition coefficient (Wildman–Crippen LogP) is 4.55. The number of amides is 1. The fraction of sp³-hybridized carbons (Fsp3) is 0.0870. The van der Waals surface area contributed by atoms with E-state index in [0.717, 1.165) is 11.1 Å². The SMILES string of the molecule is CCOC(=O)Nc1nc(-c2ccccc2)c(Br)c(=O)[nH]1.Nc1nc(-c2ccccc2)c(Br)c(=O)[nH]1. The predicted molar refractivity (Wildman–Crippen MR) is 141 cm³/mol. The topological polar surface area (TPSA) is 156 Å². The summed E-state index contributed by atoms with van der Waals surface area (Å²) in [5, 5.41) is 2.37. The number of nitrogens with zero attached hydrogens (tertiary/aromatic N) is 2. The molecule has 2 aromatic heterocycles. The molecule has 0 bridgehead atoms. The highest BCUT2D eigenvalue weighted by molar-refractivity contribution is 9.10. The maximum Gasteiger partial charge on any atom is 0.413 e. The van der Waals surface area contributed by atoms with E-state index in [9.17, 15) is 14.4 Å². The van der Waals surface area contributed by atoms with E-state index in [0.29, 0.717) is 20.3 Å². The van der Waals surface area contributed by atoms with Gasteiger partial charge in [0, 0.05) is 11.1 Å². The Morgan fingerprint density at radius 2 is 1.37 bits per heavy atom. The number of H-pyrrole nitrogens is 2. The van der Waals surface area contributed by atoms with Crippen molar-refractivity contribution in [3.63, 3.8) is 0 Å². The summed E-state index contributed by atoms with van der Waals surface area (Å²) in [6.07, 6.45) is -0.669. The normalized spacial score (nSPS) is 10.1. The largest absolute Gasteiger partial charge is 0.450 e. The first-order valence-corrected chi connectivity index (χ1v) is 11.8. The van der Waals surface area contributed by atoms with Crippen LogP contribution in [0.15, 0.2) is 79.2 Å². The van der Waals surface area contributed by atoms with Crippen LogP contribution in [0.5, 0.6) is 0 Å². The second-order valence-electron chi connectivity index (χ2n) is 6.77. The molecule has 10 nitrogen and oxygen atoms in total. The molecule has 0 saturated carbocycles. The molecule has 0 unspecified atom stereocenters. The molecule has 2 heterocycles. The van der Waals surface area contributed by atoms with Gasteiger partial charge in [-0.1, -0.05) is 60.7 Å². The standard InChI is InChI=1S/C13H12BrN3O3.C10H8BrN3O/c1-2-20-13(19)17-12-15-10(9(14)11(18)16-12)8-6-4-3-5-7-8;11-7-8(6-4-2-1-3-5-6)13-10(12)14-9(7)15/h3-7H,2H2,1H3,(H2,15,16,17,18,19);1-5H,(H3,12,13,14,15). The lowest BCUT2D eigenvalue weighted by molar-refractivity contribution is 0.167. The second-order valence-corrected chi connectivity index (χ2v) is 8.35. The third-order valence-corrected chi connectivity index (χ3v) is 5.81. The van der Waals surface area contributed by atoms with Gasteiger partial charge in [0.15, 0.2) is 0 Å². The molecule has 180 valence electrons. The molecule has 0 aliphatic carbocycles. The van der Waals surface area contributed by atoms with Crippen molar-refractivity contribution >= 4 is 49.8 Å². The van der Waals surface area contributed by atoms with Crippen molar-refractivity contribution in [1.29, 1.82) is 0 Å². The summed E-state index contributed by atoms with van der Waals surface area (Å²) in [7, 11) is 0. The zero-order valence-electron chi connectivity index (χ0n) is 18.3. The average Bonchev–Trinajstić information content (AvgIpc) is 2.85. The Morgan fingerprint density at radius 1 is 0.886 bits per heavy atom. The van der Waals surface area contributed by atoms with Crippen molar-refractivity contribution in [3.8, 4) is 22.5 Å². The third kappa shape index (κ3) is 6.87. The minimum absolute atomic E-state index is 0.0375. The number of anilines is 2. The number of hydrogen-bond donors (Lipinski definition) is 4. The number of halogens is 2. The maximum atomic E-state index is 11.8. The van der Waals surface area contributed by atoms with Gasteiger partial charge in [-0.2, -0.15) is 0 Å². The molecule has 0 radical (unpaired) electrons. The highest BCUT2D eigenvalue weighted by Gasteiger charge is 2.13. The smallest absolute Gasteiger partial charge is 0.413 e. The van der Waals surface area contributed by atoms with E-state index < -0.39 is 6.09 Å². The van der Waals surface area contributed by atoms with Gasteiger partial charge in [0.1, 0.15) is 8.95 Å². The number of nitrogens with two attached hydrogens (primary N) is 1. The molecule has 2 aromatic carbocycles. The first-order valence-electron chi connectivity index (χ1n) is 10.2. The molecule has 5 N–H and O–H groups in total.